The van der Waals surface area contributed by atoms with Crippen molar-refractivity contribution in [3.63, 3.8) is 0 Å². The molecule has 0 aromatic rings. The maximum Gasteiger partial charge on any atom is 0.306 e. The van der Waals surface area contributed by atoms with Crippen LogP contribution < -0.4 is 0 Å². The van der Waals surface area contributed by atoms with Crippen molar-refractivity contribution in [3.05, 3.63) is 12.7 Å². The van der Waals surface area contributed by atoms with Gasteiger partial charge in [-0.2, -0.15) is 0 Å². The monoisotopic (exact) mass is 279 g/mol. The van der Waals surface area contributed by atoms with E-state index in [1.54, 1.807) is 13.1 Å². The predicted octanol–water partition coefficient (Wildman–Crippen LogP) is 2.96. The Hall–Kier alpha value is -1.45. The highest BCUT2D eigenvalue weighted by Gasteiger charge is 2.30. The van der Waals surface area contributed by atoms with Gasteiger partial charge in [-0.1, -0.05) is 26.0 Å². The summed E-state index contributed by atoms with van der Waals surface area (Å²) < 4.78 is 5.01. The number of esters is 1. The van der Waals surface area contributed by atoms with Crippen LogP contribution in [0.25, 0.3) is 0 Å². The number of nitrogens with zero attached hydrogens (tertiary/aromatic N) is 1. The van der Waals surface area contributed by atoms with Gasteiger partial charge in [0.05, 0.1) is 12.1 Å². The normalized spacial score (nSPS) is 16.6. The van der Waals surface area contributed by atoms with Crippen LogP contribution in [0.5, 0.6) is 0 Å². The fraction of sp³-hybridized carbons (Fsp3) is 0.688. The van der Waals surface area contributed by atoms with E-state index < -0.39 is 0 Å². The molecule has 0 aromatic heterocycles. The van der Waals surface area contributed by atoms with Crippen LogP contribution >= 0.6 is 0 Å². The lowest BCUT2D eigenvalue weighted by molar-refractivity contribution is -0.143. The largest absolute Gasteiger partial charge is 0.461 e. The summed E-state index contributed by atoms with van der Waals surface area (Å²) in [6, 6.07) is 0. The molecule has 0 heterocycles. The minimum Gasteiger partial charge on any atom is -0.461 e. The highest BCUT2D eigenvalue weighted by molar-refractivity contribution is 6.40. The molecular weight excluding hydrogens is 254 g/mol. The fourth-order valence-electron chi connectivity index (χ4n) is 2.32. The summed E-state index contributed by atoms with van der Waals surface area (Å²) in [5.74, 6) is 0.233. The summed E-state index contributed by atoms with van der Waals surface area (Å²) in [4.78, 5) is 28.1. The second kappa shape index (κ2) is 8.67. The smallest absolute Gasteiger partial charge is 0.306 e. The van der Waals surface area contributed by atoms with E-state index in [0.29, 0.717) is 18.1 Å². The zero-order valence-corrected chi connectivity index (χ0v) is 12.6. The fourth-order valence-corrected chi connectivity index (χ4v) is 2.32. The first kappa shape index (κ1) is 16.6. The molecule has 0 aliphatic heterocycles. The van der Waals surface area contributed by atoms with Gasteiger partial charge in [0, 0.05) is 19.4 Å². The minimum atomic E-state index is -0.288. The van der Waals surface area contributed by atoms with Gasteiger partial charge in [-0.15, -0.1) is 0 Å². The SMILES string of the molecule is C=CCOC(=O)C[C@@H](CCC)C(=NC)C(=O)CC1CC1. The first-order valence-electron chi connectivity index (χ1n) is 7.38. The van der Waals surface area contributed by atoms with Gasteiger partial charge >= 0.3 is 5.97 Å². The number of ether oxygens (including phenoxy) is 1. The lowest BCUT2D eigenvalue weighted by Gasteiger charge is -2.17. The van der Waals surface area contributed by atoms with Crippen LogP contribution in [0.2, 0.25) is 0 Å². The van der Waals surface area contributed by atoms with E-state index in [-0.39, 0.29) is 30.7 Å². The third-order valence-corrected chi connectivity index (χ3v) is 3.50. The topological polar surface area (TPSA) is 55.7 Å². The average molecular weight is 279 g/mol. The number of rotatable bonds is 10. The Balaban J connectivity index is 2.62. The van der Waals surface area contributed by atoms with Crippen molar-refractivity contribution < 1.29 is 14.3 Å². The van der Waals surface area contributed by atoms with Gasteiger partial charge in [0.1, 0.15) is 6.61 Å². The molecule has 0 saturated heterocycles. The Morgan fingerprint density at radius 2 is 2.15 bits per heavy atom. The van der Waals surface area contributed by atoms with Crippen molar-refractivity contribution >= 4 is 17.5 Å². The molecule has 0 aromatic carbocycles. The van der Waals surface area contributed by atoms with Crippen molar-refractivity contribution in [2.45, 2.75) is 45.4 Å². The van der Waals surface area contributed by atoms with Crippen LogP contribution in [0.4, 0.5) is 0 Å². The second-order valence-corrected chi connectivity index (χ2v) is 5.34. The van der Waals surface area contributed by atoms with Gasteiger partial charge in [-0.25, -0.2) is 0 Å². The predicted molar refractivity (Wildman–Crippen MR) is 79.9 cm³/mol. The van der Waals surface area contributed by atoms with E-state index in [1.165, 1.54) is 0 Å². The Kier molecular flexibility index (Phi) is 7.20. The number of aliphatic imine (C=N–C) groups is 1. The highest BCUT2D eigenvalue weighted by atomic mass is 16.5. The first-order valence-corrected chi connectivity index (χ1v) is 7.38. The minimum absolute atomic E-state index is 0.102. The molecule has 0 unspecified atom stereocenters. The van der Waals surface area contributed by atoms with E-state index in [1.807, 2.05) is 6.92 Å². The zero-order chi connectivity index (χ0) is 15.0. The number of hydrogen-bond donors (Lipinski definition) is 0. The molecule has 1 saturated carbocycles. The lowest BCUT2D eigenvalue weighted by Crippen LogP contribution is -2.27. The first-order chi connectivity index (χ1) is 9.62. The molecule has 1 rings (SSSR count). The maximum absolute atomic E-state index is 12.2. The van der Waals surface area contributed by atoms with Crippen molar-refractivity contribution in [3.8, 4) is 0 Å². The number of carbonyl (C=O) groups is 2. The van der Waals surface area contributed by atoms with Crippen LogP contribution in [0.15, 0.2) is 17.6 Å². The Bertz CT molecular complexity index is 383. The van der Waals surface area contributed by atoms with Gasteiger partial charge in [0.25, 0.3) is 0 Å². The molecule has 0 spiro atoms. The molecular formula is C16H25NO3. The quantitative estimate of drug-likeness (QED) is 0.351. The molecule has 1 aliphatic carbocycles. The molecule has 4 nitrogen and oxygen atoms in total. The number of ketones is 1. The molecule has 20 heavy (non-hydrogen) atoms. The molecule has 1 aliphatic rings. The van der Waals surface area contributed by atoms with Crippen molar-refractivity contribution in [1.82, 2.24) is 0 Å². The number of carbonyl (C=O) groups excluding carboxylic acids is 2. The van der Waals surface area contributed by atoms with Crippen LogP contribution in [0.1, 0.15) is 45.4 Å². The summed E-state index contributed by atoms with van der Waals surface area (Å²) in [7, 11) is 1.64. The van der Waals surface area contributed by atoms with Gasteiger partial charge in [0.2, 0.25) is 0 Å². The van der Waals surface area contributed by atoms with Crippen molar-refractivity contribution in [2.75, 3.05) is 13.7 Å². The summed E-state index contributed by atoms with van der Waals surface area (Å²) in [6.45, 7) is 5.77. The highest BCUT2D eigenvalue weighted by Crippen LogP contribution is 2.33. The van der Waals surface area contributed by atoms with Crippen LogP contribution in [0, 0.1) is 11.8 Å². The molecule has 0 bridgehead atoms. The summed E-state index contributed by atoms with van der Waals surface area (Å²) in [6.07, 6.45) is 6.33. The van der Waals surface area contributed by atoms with E-state index in [4.69, 9.17) is 4.74 Å². The Morgan fingerprint density at radius 1 is 1.45 bits per heavy atom. The van der Waals surface area contributed by atoms with E-state index >= 15 is 0 Å². The van der Waals surface area contributed by atoms with Crippen molar-refractivity contribution in [2.24, 2.45) is 16.8 Å². The standard InChI is InChI=1S/C16H25NO3/c1-4-6-13(11-15(19)20-9-5-2)16(17-3)14(18)10-12-7-8-12/h5,12-13H,2,4,6-11H2,1,3H3/t13-/m1/s1. The molecule has 4 heteroatoms. The molecule has 112 valence electrons. The third kappa shape index (κ3) is 5.68. The van der Waals surface area contributed by atoms with E-state index in [9.17, 15) is 9.59 Å². The molecule has 1 atom stereocenters. The molecule has 1 fully saturated rings. The third-order valence-electron chi connectivity index (χ3n) is 3.50. The zero-order valence-electron chi connectivity index (χ0n) is 12.6. The van der Waals surface area contributed by atoms with Crippen LogP contribution in [0.3, 0.4) is 0 Å². The van der Waals surface area contributed by atoms with E-state index in [0.717, 1.165) is 25.7 Å². The molecule has 0 radical (unpaired) electrons. The summed E-state index contributed by atoms with van der Waals surface area (Å²) >= 11 is 0. The maximum atomic E-state index is 12.2. The van der Waals surface area contributed by atoms with Gasteiger partial charge in [-0.05, 0) is 25.2 Å². The second-order valence-electron chi connectivity index (χ2n) is 5.34. The van der Waals surface area contributed by atoms with Crippen molar-refractivity contribution in [1.29, 1.82) is 0 Å². The lowest BCUT2D eigenvalue weighted by atomic mass is 9.90. The van der Waals surface area contributed by atoms with Crippen LogP contribution in [-0.2, 0) is 14.3 Å². The molecule has 0 amide bonds. The summed E-state index contributed by atoms with van der Waals surface area (Å²) in [5.41, 5.74) is 0.564. The van der Waals surface area contributed by atoms with Gasteiger partial charge < -0.3 is 4.74 Å². The Labute approximate surface area is 121 Å². The number of hydrogen-bond acceptors (Lipinski definition) is 4. The Morgan fingerprint density at radius 3 is 2.65 bits per heavy atom. The molecule has 0 N–H and O–H groups in total. The van der Waals surface area contributed by atoms with E-state index in [2.05, 4.69) is 11.6 Å². The summed E-state index contributed by atoms with van der Waals surface area (Å²) in [5, 5.41) is 0. The number of Topliss-reactive ketones (excluding diaryl/α,β-unsaturated/α-hetero) is 1. The van der Waals surface area contributed by atoms with Crippen LogP contribution in [-0.4, -0.2) is 31.1 Å². The van der Waals surface area contributed by atoms with Gasteiger partial charge in [-0.3, -0.25) is 14.6 Å². The van der Waals surface area contributed by atoms with Gasteiger partial charge in [0.15, 0.2) is 5.78 Å². The average Bonchev–Trinajstić information content (AvgIpc) is 3.21.